The number of carbonyl (C=O) groups is 1. The average molecular weight is 336 g/mol. The minimum Gasteiger partial charge on any atom is -0.337 e. The molecular weight excluding hydrogens is 318 g/mol. The van der Waals surface area contributed by atoms with E-state index >= 15 is 0 Å². The molecule has 1 N–H and O–H groups in total. The van der Waals surface area contributed by atoms with Crippen LogP contribution in [0, 0.1) is 11.3 Å². The molecule has 0 spiro atoms. The molecule has 2 rings (SSSR count). The third-order valence-electron chi connectivity index (χ3n) is 3.69. The first kappa shape index (κ1) is 15.0. The van der Waals surface area contributed by atoms with Crippen LogP contribution >= 0.6 is 15.9 Å². The number of benzene rings is 1. The molecule has 5 heteroatoms. The summed E-state index contributed by atoms with van der Waals surface area (Å²) in [6.45, 7) is 1.68. The molecule has 0 atom stereocenters. The molecule has 0 bridgehead atoms. The van der Waals surface area contributed by atoms with Crippen LogP contribution in [0.4, 0.5) is 0 Å². The van der Waals surface area contributed by atoms with Crippen LogP contribution in [0.1, 0.15) is 18.4 Å². The first-order valence-corrected chi connectivity index (χ1v) is 7.47. The van der Waals surface area contributed by atoms with Gasteiger partial charge in [-0.1, -0.05) is 28.1 Å². The maximum absolute atomic E-state index is 12.1. The Kier molecular flexibility index (Phi) is 4.79. The van der Waals surface area contributed by atoms with Gasteiger partial charge >= 0.3 is 0 Å². The first-order chi connectivity index (χ1) is 9.53. The van der Waals surface area contributed by atoms with E-state index in [0.29, 0.717) is 19.3 Å². The maximum Gasteiger partial charge on any atom is 0.225 e. The predicted octanol–water partition coefficient (Wildman–Crippen LogP) is 2.10. The average Bonchev–Trinajstić information content (AvgIpc) is 2.41. The first-order valence-electron chi connectivity index (χ1n) is 6.68. The molecular formula is C15H18BrN3O. The van der Waals surface area contributed by atoms with Crippen molar-refractivity contribution in [2.75, 3.05) is 20.1 Å². The Labute approximate surface area is 127 Å². The van der Waals surface area contributed by atoms with Gasteiger partial charge in [0.1, 0.15) is 5.54 Å². The summed E-state index contributed by atoms with van der Waals surface area (Å²) in [6.07, 6.45) is 1.67. The standard InChI is InChI=1S/C15H18BrN3O/c1-19-7-5-15(11-17,6-8-19)18-14(20)10-12-3-2-4-13(16)9-12/h2-4,9H,5-8,10H2,1H3,(H,18,20). The Balaban J connectivity index is 1.98. The molecule has 4 nitrogen and oxygen atoms in total. The number of hydrogen-bond donors (Lipinski definition) is 1. The van der Waals surface area contributed by atoms with Gasteiger partial charge in [-0.15, -0.1) is 0 Å². The van der Waals surface area contributed by atoms with Gasteiger partial charge in [0.25, 0.3) is 0 Å². The highest BCUT2D eigenvalue weighted by molar-refractivity contribution is 9.10. The van der Waals surface area contributed by atoms with E-state index in [1.54, 1.807) is 0 Å². The van der Waals surface area contributed by atoms with Gasteiger partial charge < -0.3 is 10.2 Å². The molecule has 1 saturated heterocycles. The lowest BCUT2D eigenvalue weighted by atomic mass is 9.89. The molecule has 1 aliphatic rings. The largest absolute Gasteiger partial charge is 0.337 e. The Bertz CT molecular complexity index is 530. The minimum atomic E-state index is -0.699. The van der Waals surface area contributed by atoms with Crippen molar-refractivity contribution in [3.05, 3.63) is 34.3 Å². The molecule has 106 valence electrons. The SMILES string of the molecule is CN1CCC(C#N)(NC(=O)Cc2cccc(Br)c2)CC1. The van der Waals surface area contributed by atoms with Gasteiger partial charge in [-0.2, -0.15) is 5.26 Å². The Morgan fingerprint density at radius 2 is 2.20 bits per heavy atom. The summed E-state index contributed by atoms with van der Waals surface area (Å²) in [6, 6.07) is 9.97. The third kappa shape index (κ3) is 3.81. The highest BCUT2D eigenvalue weighted by Crippen LogP contribution is 2.21. The van der Waals surface area contributed by atoms with Crippen molar-refractivity contribution in [1.29, 1.82) is 5.26 Å². The van der Waals surface area contributed by atoms with Crippen molar-refractivity contribution in [3.63, 3.8) is 0 Å². The molecule has 0 unspecified atom stereocenters. The number of nitrogens with zero attached hydrogens (tertiary/aromatic N) is 2. The van der Waals surface area contributed by atoms with Crippen LogP contribution in [-0.2, 0) is 11.2 Å². The van der Waals surface area contributed by atoms with E-state index in [4.69, 9.17) is 0 Å². The summed E-state index contributed by atoms with van der Waals surface area (Å²) in [7, 11) is 2.03. The Morgan fingerprint density at radius 3 is 2.80 bits per heavy atom. The van der Waals surface area contributed by atoms with Crippen LogP contribution in [0.25, 0.3) is 0 Å². The van der Waals surface area contributed by atoms with E-state index in [1.807, 2.05) is 31.3 Å². The fourth-order valence-corrected chi connectivity index (χ4v) is 2.86. The number of piperidine rings is 1. The van der Waals surface area contributed by atoms with Crippen molar-refractivity contribution in [3.8, 4) is 6.07 Å². The highest BCUT2D eigenvalue weighted by Gasteiger charge is 2.35. The molecule has 0 aliphatic carbocycles. The zero-order valence-electron chi connectivity index (χ0n) is 11.5. The van der Waals surface area contributed by atoms with Gasteiger partial charge in [0.05, 0.1) is 12.5 Å². The van der Waals surface area contributed by atoms with Gasteiger partial charge in [0, 0.05) is 17.6 Å². The van der Waals surface area contributed by atoms with E-state index in [9.17, 15) is 10.1 Å². The van der Waals surface area contributed by atoms with Crippen LogP contribution in [-0.4, -0.2) is 36.5 Å². The maximum atomic E-state index is 12.1. The zero-order valence-corrected chi connectivity index (χ0v) is 13.1. The fourth-order valence-electron chi connectivity index (χ4n) is 2.41. The molecule has 1 fully saturated rings. The second kappa shape index (κ2) is 6.38. The number of hydrogen-bond acceptors (Lipinski definition) is 3. The van der Waals surface area contributed by atoms with Crippen molar-refractivity contribution >= 4 is 21.8 Å². The molecule has 1 heterocycles. The molecule has 1 amide bonds. The zero-order chi connectivity index (χ0) is 14.6. The highest BCUT2D eigenvalue weighted by atomic mass is 79.9. The van der Waals surface area contributed by atoms with Gasteiger partial charge in [0.2, 0.25) is 5.91 Å². The number of rotatable bonds is 3. The van der Waals surface area contributed by atoms with E-state index < -0.39 is 5.54 Å². The second-order valence-corrected chi connectivity index (χ2v) is 6.27. The normalized spacial score (nSPS) is 18.2. The lowest BCUT2D eigenvalue weighted by Crippen LogP contribution is -2.54. The van der Waals surface area contributed by atoms with Crippen molar-refractivity contribution in [1.82, 2.24) is 10.2 Å². The summed E-state index contributed by atoms with van der Waals surface area (Å²) in [5.41, 5.74) is 0.244. The Hall–Kier alpha value is -1.38. The number of halogens is 1. The van der Waals surface area contributed by atoms with Crippen LogP contribution in [0.2, 0.25) is 0 Å². The van der Waals surface area contributed by atoms with Crippen LogP contribution in [0.3, 0.4) is 0 Å². The number of nitrogens with one attached hydrogen (secondary N) is 1. The number of likely N-dealkylation sites (tertiary alicyclic amines) is 1. The third-order valence-corrected chi connectivity index (χ3v) is 4.18. The summed E-state index contributed by atoms with van der Waals surface area (Å²) < 4.78 is 0.956. The summed E-state index contributed by atoms with van der Waals surface area (Å²) in [5.74, 6) is -0.0887. The van der Waals surface area contributed by atoms with Crippen molar-refractivity contribution in [2.24, 2.45) is 0 Å². The van der Waals surface area contributed by atoms with Crippen LogP contribution in [0.5, 0.6) is 0 Å². The van der Waals surface area contributed by atoms with E-state index in [0.717, 1.165) is 23.1 Å². The van der Waals surface area contributed by atoms with Gasteiger partial charge in [-0.05, 0) is 37.6 Å². The molecule has 0 radical (unpaired) electrons. The number of amides is 1. The molecule has 0 aromatic heterocycles. The summed E-state index contributed by atoms with van der Waals surface area (Å²) in [4.78, 5) is 14.3. The quantitative estimate of drug-likeness (QED) is 0.920. The molecule has 20 heavy (non-hydrogen) atoms. The molecule has 0 saturated carbocycles. The predicted molar refractivity (Wildman–Crippen MR) is 81.1 cm³/mol. The fraction of sp³-hybridized carbons (Fsp3) is 0.467. The van der Waals surface area contributed by atoms with E-state index in [2.05, 4.69) is 32.2 Å². The summed E-state index contributed by atoms with van der Waals surface area (Å²) in [5, 5.41) is 12.3. The minimum absolute atomic E-state index is 0.0887. The molecule has 1 aromatic rings. The van der Waals surface area contributed by atoms with Gasteiger partial charge in [-0.25, -0.2) is 0 Å². The molecule has 1 aliphatic heterocycles. The van der Waals surface area contributed by atoms with Crippen LogP contribution < -0.4 is 5.32 Å². The van der Waals surface area contributed by atoms with E-state index in [1.165, 1.54) is 0 Å². The lowest BCUT2D eigenvalue weighted by Gasteiger charge is -2.36. The lowest BCUT2D eigenvalue weighted by molar-refractivity contribution is -0.122. The molecule has 1 aromatic carbocycles. The van der Waals surface area contributed by atoms with Crippen molar-refractivity contribution < 1.29 is 4.79 Å². The number of carbonyl (C=O) groups excluding carboxylic acids is 1. The monoisotopic (exact) mass is 335 g/mol. The smallest absolute Gasteiger partial charge is 0.225 e. The Morgan fingerprint density at radius 1 is 1.50 bits per heavy atom. The topological polar surface area (TPSA) is 56.1 Å². The number of nitriles is 1. The van der Waals surface area contributed by atoms with Gasteiger partial charge in [-0.3, -0.25) is 4.79 Å². The van der Waals surface area contributed by atoms with Crippen molar-refractivity contribution in [2.45, 2.75) is 24.8 Å². The van der Waals surface area contributed by atoms with Crippen LogP contribution in [0.15, 0.2) is 28.7 Å². The summed E-state index contributed by atoms with van der Waals surface area (Å²) >= 11 is 3.39. The van der Waals surface area contributed by atoms with E-state index in [-0.39, 0.29) is 5.91 Å². The second-order valence-electron chi connectivity index (χ2n) is 5.35. The van der Waals surface area contributed by atoms with Gasteiger partial charge in [0.15, 0.2) is 0 Å².